The van der Waals surface area contributed by atoms with Crippen molar-refractivity contribution in [3.8, 4) is 28.7 Å². The van der Waals surface area contributed by atoms with Gasteiger partial charge in [0.1, 0.15) is 17.2 Å². The molecule has 0 fully saturated rings. The maximum absolute atomic E-state index is 14.4. The lowest BCUT2D eigenvalue weighted by Crippen LogP contribution is -2.40. The highest BCUT2D eigenvalue weighted by Crippen LogP contribution is 2.43. The van der Waals surface area contributed by atoms with Crippen molar-refractivity contribution in [3.05, 3.63) is 107 Å². The number of fused-ring (bicyclic) bond motifs is 6. The molecule has 4 aromatic rings. The van der Waals surface area contributed by atoms with Gasteiger partial charge in [0.15, 0.2) is 11.5 Å². The van der Waals surface area contributed by atoms with Crippen molar-refractivity contribution < 1.29 is 32.5 Å². The van der Waals surface area contributed by atoms with Crippen LogP contribution >= 0.6 is 0 Å². The minimum absolute atomic E-state index is 0.100. The van der Waals surface area contributed by atoms with Crippen molar-refractivity contribution in [2.75, 3.05) is 26.8 Å². The third kappa shape index (κ3) is 6.15. The fourth-order valence-corrected chi connectivity index (χ4v) is 7.53. The minimum atomic E-state index is -3.91. The molecule has 0 saturated carbocycles. The second kappa shape index (κ2) is 12.3. The van der Waals surface area contributed by atoms with Crippen LogP contribution in [0.4, 0.5) is 0 Å². The van der Waals surface area contributed by atoms with Crippen LogP contribution in [0, 0.1) is 0 Å². The smallest absolute Gasteiger partial charge is 0.255 e. The summed E-state index contributed by atoms with van der Waals surface area (Å²) in [5, 5.41) is 13.2. The molecule has 0 aromatic heterocycles. The molecular formula is C36H38N2O7S. The number of aromatic hydroxyl groups is 1. The van der Waals surface area contributed by atoms with Gasteiger partial charge < -0.3 is 24.6 Å². The fourth-order valence-electron chi connectivity index (χ4n) is 5.94. The van der Waals surface area contributed by atoms with Crippen molar-refractivity contribution in [3.63, 3.8) is 0 Å². The summed E-state index contributed by atoms with van der Waals surface area (Å²) in [7, 11) is -2.36. The first-order valence-electron chi connectivity index (χ1n) is 15.3. The van der Waals surface area contributed by atoms with Crippen LogP contribution in [0.3, 0.4) is 0 Å². The topological polar surface area (TPSA) is 114 Å². The minimum Gasteiger partial charge on any atom is -0.507 e. The summed E-state index contributed by atoms with van der Waals surface area (Å²) in [4.78, 5) is 13.1. The van der Waals surface area contributed by atoms with Crippen LogP contribution in [0.15, 0.2) is 83.8 Å². The van der Waals surface area contributed by atoms with Crippen molar-refractivity contribution in [2.24, 2.45) is 0 Å². The number of benzene rings is 4. The highest BCUT2D eigenvalue weighted by atomic mass is 32.2. The number of phenolic OH excluding ortho intramolecular Hbond substituents is 1. The van der Waals surface area contributed by atoms with E-state index in [0.717, 1.165) is 22.3 Å². The number of sulfonamides is 1. The van der Waals surface area contributed by atoms with Gasteiger partial charge in [-0.2, -0.15) is 4.31 Å². The molecule has 7 rings (SSSR count). The third-order valence-corrected chi connectivity index (χ3v) is 10.3. The number of phenols is 1. The molecule has 0 saturated heterocycles. The van der Waals surface area contributed by atoms with Gasteiger partial charge in [-0.05, 0) is 95.1 Å². The monoisotopic (exact) mass is 642 g/mol. The summed E-state index contributed by atoms with van der Waals surface area (Å²) in [6, 6.07) is 22.1. The first-order valence-corrected chi connectivity index (χ1v) is 16.7. The van der Waals surface area contributed by atoms with Gasteiger partial charge in [0.25, 0.3) is 5.91 Å². The SMILES string of the molecule is COc1ccc2cc1OCCCNC(=O)c1cc(ccc1O)Oc1ccc3c(c1)CCN(S(=O)(=O)c1ccc(C(C)(C)C)cc1)C23. The van der Waals surface area contributed by atoms with Crippen molar-refractivity contribution >= 4 is 15.9 Å². The van der Waals surface area contributed by atoms with Gasteiger partial charge in [-0.1, -0.05) is 45.0 Å². The molecule has 8 bridgehead atoms. The van der Waals surface area contributed by atoms with Crippen molar-refractivity contribution in [2.45, 2.75) is 50.0 Å². The molecule has 9 nitrogen and oxygen atoms in total. The predicted octanol–water partition coefficient (Wildman–Crippen LogP) is 6.34. The quantitative estimate of drug-likeness (QED) is 0.268. The largest absolute Gasteiger partial charge is 0.507 e. The van der Waals surface area contributed by atoms with E-state index in [1.165, 1.54) is 12.1 Å². The number of nitrogens with zero attached hydrogens (tertiary/aromatic N) is 1. The zero-order valence-electron chi connectivity index (χ0n) is 26.4. The number of carbonyl (C=O) groups excluding carboxylic acids is 1. The molecule has 46 heavy (non-hydrogen) atoms. The molecule has 1 amide bonds. The van der Waals surface area contributed by atoms with Crippen LogP contribution in [0.25, 0.3) is 0 Å². The van der Waals surface area contributed by atoms with E-state index < -0.39 is 22.0 Å². The number of methoxy groups -OCH3 is 1. The number of rotatable bonds is 3. The Balaban J connectivity index is 1.47. The first kappa shape index (κ1) is 31.4. The summed E-state index contributed by atoms with van der Waals surface area (Å²) in [6.07, 6.45) is 0.945. The van der Waals surface area contributed by atoms with Gasteiger partial charge >= 0.3 is 0 Å². The zero-order valence-corrected chi connectivity index (χ0v) is 27.2. The van der Waals surface area contributed by atoms with Crippen LogP contribution in [-0.2, 0) is 21.9 Å². The first-order chi connectivity index (χ1) is 22.0. The second-order valence-electron chi connectivity index (χ2n) is 12.6. The Labute approximate surface area is 269 Å². The number of hydrogen-bond acceptors (Lipinski definition) is 7. The lowest BCUT2D eigenvalue weighted by atomic mass is 9.87. The molecule has 0 aliphatic carbocycles. The molecule has 3 aliphatic heterocycles. The predicted molar refractivity (Wildman–Crippen MR) is 175 cm³/mol. The summed E-state index contributed by atoms with van der Waals surface area (Å²) >= 11 is 0. The van der Waals surface area contributed by atoms with Gasteiger partial charge in [-0.25, -0.2) is 8.42 Å². The van der Waals surface area contributed by atoms with Gasteiger partial charge in [0.2, 0.25) is 10.0 Å². The van der Waals surface area contributed by atoms with Gasteiger partial charge in [-0.15, -0.1) is 0 Å². The lowest BCUT2D eigenvalue weighted by molar-refractivity contribution is 0.0948. The highest BCUT2D eigenvalue weighted by Gasteiger charge is 2.38. The van der Waals surface area contributed by atoms with Gasteiger partial charge in [-0.3, -0.25) is 4.79 Å². The highest BCUT2D eigenvalue weighted by molar-refractivity contribution is 7.89. The molecule has 3 heterocycles. The maximum Gasteiger partial charge on any atom is 0.255 e. The van der Waals surface area contributed by atoms with Crippen LogP contribution < -0.4 is 19.5 Å². The van der Waals surface area contributed by atoms with Crippen molar-refractivity contribution in [1.82, 2.24) is 9.62 Å². The van der Waals surface area contributed by atoms with E-state index in [1.807, 2.05) is 36.4 Å². The fraction of sp³-hybridized carbons (Fsp3) is 0.306. The number of nitrogens with one attached hydrogen (secondary N) is 1. The molecule has 0 spiro atoms. The number of amides is 1. The Kier molecular flexibility index (Phi) is 8.43. The number of hydrogen-bond donors (Lipinski definition) is 2. The van der Waals surface area contributed by atoms with E-state index in [4.69, 9.17) is 14.2 Å². The van der Waals surface area contributed by atoms with Crippen LogP contribution in [0.1, 0.15) is 65.8 Å². The van der Waals surface area contributed by atoms with E-state index in [2.05, 4.69) is 26.1 Å². The molecule has 4 aromatic carbocycles. The van der Waals surface area contributed by atoms with Crippen LogP contribution in [0.5, 0.6) is 28.7 Å². The Morgan fingerprint density at radius 1 is 0.957 bits per heavy atom. The molecule has 10 heteroatoms. The maximum atomic E-state index is 14.4. The van der Waals surface area contributed by atoms with Gasteiger partial charge in [0, 0.05) is 13.1 Å². The van der Waals surface area contributed by atoms with E-state index in [-0.39, 0.29) is 34.8 Å². The molecule has 1 atom stereocenters. The lowest BCUT2D eigenvalue weighted by Gasteiger charge is -2.37. The molecule has 240 valence electrons. The summed E-state index contributed by atoms with van der Waals surface area (Å²) < 4.78 is 48.1. The van der Waals surface area contributed by atoms with E-state index in [9.17, 15) is 18.3 Å². The summed E-state index contributed by atoms with van der Waals surface area (Å²) in [5.74, 6) is 1.32. The molecule has 2 N–H and O–H groups in total. The normalized spacial score (nSPS) is 17.2. The zero-order chi connectivity index (χ0) is 32.6. The average Bonchev–Trinajstić information content (AvgIpc) is 3.04. The standard InChI is InChI=1S/C36H38N2O7S/c1-36(2,3)25-7-11-28(12-8-25)46(41,42)38-18-16-23-20-26-9-13-29(23)34(38)24-6-15-32(43-4)33(21-24)44-19-5-17-37-35(40)30-22-27(45-26)10-14-31(30)39/h6-15,20-22,34,39H,5,16-19H2,1-4H3,(H,37,40). The van der Waals surface area contributed by atoms with Gasteiger partial charge in [0.05, 0.1) is 30.2 Å². The molecule has 3 aliphatic rings. The Bertz CT molecular complexity index is 1880. The van der Waals surface area contributed by atoms with E-state index in [0.29, 0.717) is 42.4 Å². The Morgan fingerprint density at radius 3 is 2.43 bits per heavy atom. The Hall–Kier alpha value is -4.54. The van der Waals surface area contributed by atoms with E-state index >= 15 is 0 Å². The number of ether oxygens (including phenoxy) is 3. The van der Waals surface area contributed by atoms with Crippen LogP contribution in [-0.4, -0.2) is 50.5 Å². The number of carbonyl (C=O) groups is 1. The molecular weight excluding hydrogens is 604 g/mol. The molecule has 1 unspecified atom stereocenters. The Morgan fingerprint density at radius 2 is 1.70 bits per heavy atom. The van der Waals surface area contributed by atoms with Crippen molar-refractivity contribution in [1.29, 1.82) is 0 Å². The third-order valence-electron chi connectivity index (χ3n) is 8.44. The van der Waals surface area contributed by atoms with E-state index in [1.54, 1.807) is 41.7 Å². The molecule has 0 radical (unpaired) electrons. The summed E-state index contributed by atoms with van der Waals surface area (Å²) in [5.41, 5.74) is 3.54. The average molecular weight is 643 g/mol. The summed E-state index contributed by atoms with van der Waals surface area (Å²) in [6.45, 7) is 7.10. The second-order valence-corrected chi connectivity index (χ2v) is 14.4. The van der Waals surface area contributed by atoms with Crippen LogP contribution in [0.2, 0.25) is 0 Å².